The van der Waals surface area contributed by atoms with Crippen molar-refractivity contribution in [2.24, 2.45) is 0 Å². The second kappa shape index (κ2) is 6.50. The smallest absolute Gasteiger partial charge is 0.246 e. The van der Waals surface area contributed by atoms with E-state index in [1.54, 1.807) is 6.08 Å². The van der Waals surface area contributed by atoms with Gasteiger partial charge in [0, 0.05) is 0 Å². The van der Waals surface area contributed by atoms with Gasteiger partial charge in [-0.2, -0.15) is 0 Å². The Kier molecular flexibility index (Phi) is 4.45. The summed E-state index contributed by atoms with van der Waals surface area (Å²) >= 11 is 0. The zero-order chi connectivity index (χ0) is 13.5. The van der Waals surface area contributed by atoms with E-state index >= 15 is 0 Å². The Labute approximate surface area is 112 Å². The standard InChI is InChI=1S/C16H15NO2/c18-17(19)16(13-15-9-5-2-6-10-15)12-11-14-7-3-1-4-8-14/h1-10,12H,11,13H2. The van der Waals surface area contributed by atoms with Crippen LogP contribution in [-0.2, 0) is 12.8 Å². The highest BCUT2D eigenvalue weighted by molar-refractivity contribution is 5.22. The summed E-state index contributed by atoms with van der Waals surface area (Å²) in [6, 6.07) is 19.2. The molecule has 2 rings (SSSR count). The second-order valence-electron chi connectivity index (χ2n) is 4.30. The summed E-state index contributed by atoms with van der Waals surface area (Å²) in [5.74, 6) is 0. The van der Waals surface area contributed by atoms with E-state index in [2.05, 4.69) is 0 Å². The Balaban J connectivity index is 2.10. The third kappa shape index (κ3) is 4.07. The van der Waals surface area contributed by atoms with E-state index in [-0.39, 0.29) is 10.6 Å². The maximum absolute atomic E-state index is 11.1. The maximum Gasteiger partial charge on any atom is 0.246 e. The molecule has 0 heterocycles. The second-order valence-corrected chi connectivity index (χ2v) is 4.30. The molecule has 19 heavy (non-hydrogen) atoms. The van der Waals surface area contributed by atoms with Crippen molar-refractivity contribution >= 4 is 0 Å². The van der Waals surface area contributed by atoms with Gasteiger partial charge in [0.1, 0.15) is 0 Å². The van der Waals surface area contributed by atoms with Crippen LogP contribution in [0.5, 0.6) is 0 Å². The van der Waals surface area contributed by atoms with Gasteiger partial charge < -0.3 is 0 Å². The summed E-state index contributed by atoms with van der Waals surface area (Å²) < 4.78 is 0. The van der Waals surface area contributed by atoms with Crippen LogP contribution in [0.15, 0.2) is 72.4 Å². The number of rotatable bonds is 5. The summed E-state index contributed by atoms with van der Waals surface area (Å²) in [4.78, 5) is 10.8. The molecule has 0 aliphatic heterocycles. The predicted octanol–water partition coefficient (Wildman–Crippen LogP) is 3.63. The third-order valence-corrected chi connectivity index (χ3v) is 2.88. The first kappa shape index (κ1) is 13.0. The summed E-state index contributed by atoms with van der Waals surface area (Å²) in [5, 5.41) is 11.1. The molecule has 0 aromatic heterocycles. The molecule has 0 bridgehead atoms. The quantitative estimate of drug-likeness (QED) is 0.603. The monoisotopic (exact) mass is 253 g/mol. The van der Waals surface area contributed by atoms with Crippen molar-refractivity contribution in [1.82, 2.24) is 0 Å². The summed E-state index contributed by atoms with van der Waals surface area (Å²) in [5.41, 5.74) is 2.28. The molecule has 0 aliphatic rings. The molecule has 0 aliphatic carbocycles. The van der Waals surface area contributed by atoms with Crippen LogP contribution < -0.4 is 0 Å². The maximum atomic E-state index is 11.1. The molecule has 2 aromatic rings. The van der Waals surface area contributed by atoms with E-state index < -0.39 is 0 Å². The van der Waals surface area contributed by atoms with Crippen LogP contribution in [-0.4, -0.2) is 4.92 Å². The van der Waals surface area contributed by atoms with Crippen molar-refractivity contribution in [3.8, 4) is 0 Å². The Morgan fingerprint density at radius 1 is 0.947 bits per heavy atom. The highest BCUT2D eigenvalue weighted by Gasteiger charge is 2.10. The van der Waals surface area contributed by atoms with Crippen molar-refractivity contribution in [3.63, 3.8) is 0 Å². The van der Waals surface area contributed by atoms with Crippen LogP contribution in [0.3, 0.4) is 0 Å². The number of hydrogen-bond acceptors (Lipinski definition) is 2. The van der Waals surface area contributed by atoms with Crippen LogP contribution >= 0.6 is 0 Å². The molecule has 0 fully saturated rings. The van der Waals surface area contributed by atoms with Crippen molar-refractivity contribution < 1.29 is 4.92 Å². The van der Waals surface area contributed by atoms with Gasteiger partial charge in [-0.15, -0.1) is 0 Å². The summed E-state index contributed by atoms with van der Waals surface area (Å²) in [6.07, 6.45) is 2.65. The molecule has 0 saturated carbocycles. The fraction of sp³-hybridized carbons (Fsp3) is 0.125. The van der Waals surface area contributed by atoms with Crippen molar-refractivity contribution in [1.29, 1.82) is 0 Å². The first-order chi connectivity index (χ1) is 9.25. The molecule has 0 N–H and O–H groups in total. The summed E-state index contributed by atoms with van der Waals surface area (Å²) in [7, 11) is 0. The average molecular weight is 253 g/mol. The number of allylic oxidation sites excluding steroid dienone is 2. The van der Waals surface area contributed by atoms with Crippen LogP contribution in [0.2, 0.25) is 0 Å². The van der Waals surface area contributed by atoms with Crippen molar-refractivity contribution in [2.75, 3.05) is 0 Å². The molecule has 0 radical (unpaired) electrons. The zero-order valence-electron chi connectivity index (χ0n) is 10.5. The van der Waals surface area contributed by atoms with Gasteiger partial charge >= 0.3 is 0 Å². The lowest BCUT2D eigenvalue weighted by atomic mass is 10.1. The van der Waals surface area contributed by atoms with Gasteiger partial charge in [-0.05, 0) is 23.6 Å². The minimum atomic E-state index is -0.296. The van der Waals surface area contributed by atoms with Crippen LogP contribution in [0.4, 0.5) is 0 Å². The van der Waals surface area contributed by atoms with E-state index in [1.807, 2.05) is 60.7 Å². The largest absolute Gasteiger partial charge is 0.259 e. The first-order valence-electron chi connectivity index (χ1n) is 6.17. The Morgan fingerprint density at radius 3 is 2.00 bits per heavy atom. The fourth-order valence-electron chi connectivity index (χ4n) is 1.87. The lowest BCUT2D eigenvalue weighted by Gasteiger charge is -2.00. The van der Waals surface area contributed by atoms with Gasteiger partial charge in [-0.1, -0.05) is 60.7 Å². The summed E-state index contributed by atoms with van der Waals surface area (Å²) in [6.45, 7) is 0. The molecule has 0 unspecified atom stereocenters. The van der Waals surface area contributed by atoms with Crippen LogP contribution in [0, 0.1) is 10.1 Å². The molecule has 0 amide bonds. The normalized spacial score (nSPS) is 11.3. The van der Waals surface area contributed by atoms with Gasteiger partial charge in [-0.3, -0.25) is 10.1 Å². The molecule has 3 heteroatoms. The number of nitrogens with zero attached hydrogens (tertiary/aromatic N) is 1. The molecule has 0 atom stereocenters. The topological polar surface area (TPSA) is 43.1 Å². The van der Waals surface area contributed by atoms with E-state index in [1.165, 1.54) is 0 Å². The van der Waals surface area contributed by atoms with Crippen LogP contribution in [0.25, 0.3) is 0 Å². The van der Waals surface area contributed by atoms with E-state index in [4.69, 9.17) is 0 Å². The molecule has 0 saturated heterocycles. The number of nitro groups is 1. The fourth-order valence-corrected chi connectivity index (χ4v) is 1.87. The molecular weight excluding hydrogens is 238 g/mol. The van der Waals surface area contributed by atoms with Gasteiger partial charge in [0.2, 0.25) is 5.70 Å². The Hall–Kier alpha value is -2.42. The van der Waals surface area contributed by atoms with Crippen molar-refractivity contribution in [2.45, 2.75) is 12.8 Å². The molecule has 0 spiro atoms. The lowest BCUT2D eigenvalue weighted by Crippen LogP contribution is -2.03. The van der Waals surface area contributed by atoms with E-state index in [9.17, 15) is 10.1 Å². The SMILES string of the molecule is O=[N+]([O-])C(=CCc1ccccc1)Cc1ccccc1. The van der Waals surface area contributed by atoms with Gasteiger partial charge in [-0.25, -0.2) is 0 Å². The van der Waals surface area contributed by atoms with E-state index in [0.29, 0.717) is 12.8 Å². The van der Waals surface area contributed by atoms with E-state index in [0.717, 1.165) is 11.1 Å². The molecule has 2 aromatic carbocycles. The van der Waals surface area contributed by atoms with Crippen molar-refractivity contribution in [3.05, 3.63) is 93.7 Å². The Bertz CT molecular complexity index is 562. The lowest BCUT2D eigenvalue weighted by molar-refractivity contribution is -0.427. The number of benzene rings is 2. The Morgan fingerprint density at radius 2 is 1.47 bits per heavy atom. The average Bonchev–Trinajstić information content (AvgIpc) is 2.45. The van der Waals surface area contributed by atoms with Gasteiger partial charge in [0.05, 0.1) is 11.3 Å². The molecule has 96 valence electrons. The van der Waals surface area contributed by atoms with Gasteiger partial charge in [0.15, 0.2) is 0 Å². The zero-order valence-corrected chi connectivity index (χ0v) is 10.5. The first-order valence-corrected chi connectivity index (χ1v) is 6.17. The highest BCUT2D eigenvalue weighted by Crippen LogP contribution is 2.10. The minimum Gasteiger partial charge on any atom is -0.259 e. The third-order valence-electron chi connectivity index (χ3n) is 2.88. The minimum absolute atomic E-state index is 0.245. The highest BCUT2D eigenvalue weighted by atomic mass is 16.6. The van der Waals surface area contributed by atoms with Gasteiger partial charge in [0.25, 0.3) is 0 Å². The van der Waals surface area contributed by atoms with Crippen LogP contribution in [0.1, 0.15) is 11.1 Å². The predicted molar refractivity (Wildman–Crippen MR) is 75.4 cm³/mol. The molecule has 3 nitrogen and oxygen atoms in total. The number of hydrogen-bond donors (Lipinski definition) is 0. The molecular formula is C16H15NO2.